The van der Waals surface area contributed by atoms with Gasteiger partial charge in [-0.25, -0.2) is 0 Å². The molecular weight excluding hydrogens is 160 g/mol. The van der Waals surface area contributed by atoms with Crippen molar-refractivity contribution in [1.29, 1.82) is 0 Å². The number of nitrogens with zero attached hydrogens (tertiary/aromatic N) is 2. The van der Waals surface area contributed by atoms with Gasteiger partial charge in [0.15, 0.2) is 0 Å². The minimum atomic E-state index is 1.03. The molecule has 0 saturated carbocycles. The smallest absolute Gasteiger partial charge is 0.0921 e. The highest BCUT2D eigenvalue weighted by Crippen LogP contribution is 2.27. The van der Waals surface area contributed by atoms with E-state index in [4.69, 9.17) is 0 Å². The zero-order valence-corrected chi connectivity index (χ0v) is 7.33. The van der Waals surface area contributed by atoms with Crippen molar-refractivity contribution < 1.29 is 0 Å². The Labute approximate surface area is 76.6 Å². The van der Waals surface area contributed by atoms with Gasteiger partial charge in [-0.3, -0.25) is 9.97 Å². The third-order valence-electron chi connectivity index (χ3n) is 2.72. The van der Waals surface area contributed by atoms with E-state index in [1.54, 1.807) is 12.4 Å². The van der Waals surface area contributed by atoms with Crippen molar-refractivity contribution in [3.63, 3.8) is 0 Å². The van der Waals surface area contributed by atoms with Crippen LogP contribution in [0, 0.1) is 0 Å². The summed E-state index contributed by atoms with van der Waals surface area (Å²) < 4.78 is 0. The van der Waals surface area contributed by atoms with Gasteiger partial charge in [-0.05, 0) is 36.5 Å². The quantitative estimate of drug-likeness (QED) is 0.605. The van der Waals surface area contributed by atoms with Gasteiger partial charge >= 0.3 is 0 Å². The van der Waals surface area contributed by atoms with Crippen molar-refractivity contribution in [2.24, 2.45) is 0 Å². The molecule has 0 bridgehead atoms. The third kappa shape index (κ3) is 0.949. The summed E-state index contributed by atoms with van der Waals surface area (Å²) >= 11 is 0. The summed E-state index contributed by atoms with van der Waals surface area (Å²) in [7, 11) is 0. The molecule has 2 aromatic rings. The molecule has 13 heavy (non-hydrogen) atoms. The zero-order chi connectivity index (χ0) is 8.67. The molecule has 0 N–H and O–H groups in total. The minimum Gasteiger partial charge on any atom is -0.253 e. The van der Waals surface area contributed by atoms with E-state index in [0.29, 0.717) is 0 Å². The number of benzene rings is 1. The SMILES string of the molecule is c1cnc2c3c(ccc2n1)CCC3. The minimum absolute atomic E-state index is 1.03. The van der Waals surface area contributed by atoms with Gasteiger partial charge in [0.25, 0.3) is 0 Å². The van der Waals surface area contributed by atoms with E-state index < -0.39 is 0 Å². The van der Waals surface area contributed by atoms with Crippen molar-refractivity contribution >= 4 is 11.0 Å². The van der Waals surface area contributed by atoms with E-state index in [2.05, 4.69) is 22.1 Å². The van der Waals surface area contributed by atoms with Crippen molar-refractivity contribution in [2.45, 2.75) is 19.3 Å². The number of hydrogen-bond donors (Lipinski definition) is 0. The van der Waals surface area contributed by atoms with Crippen molar-refractivity contribution in [3.05, 3.63) is 35.7 Å². The van der Waals surface area contributed by atoms with Crippen molar-refractivity contribution in [2.75, 3.05) is 0 Å². The predicted octanol–water partition coefficient (Wildman–Crippen LogP) is 2.12. The van der Waals surface area contributed by atoms with Crippen LogP contribution in [0.3, 0.4) is 0 Å². The van der Waals surface area contributed by atoms with E-state index in [9.17, 15) is 0 Å². The Morgan fingerprint density at radius 2 is 1.92 bits per heavy atom. The summed E-state index contributed by atoms with van der Waals surface area (Å²) in [5.41, 5.74) is 5.03. The standard InChI is InChI=1S/C11H10N2/c1-2-8-4-5-10-11(9(8)3-1)13-7-6-12-10/h4-7H,1-3H2. The van der Waals surface area contributed by atoms with Crippen molar-refractivity contribution in [1.82, 2.24) is 9.97 Å². The van der Waals surface area contributed by atoms with Crippen molar-refractivity contribution in [3.8, 4) is 0 Å². The second-order valence-electron chi connectivity index (χ2n) is 3.48. The topological polar surface area (TPSA) is 25.8 Å². The third-order valence-corrected chi connectivity index (χ3v) is 2.72. The predicted molar refractivity (Wildman–Crippen MR) is 51.6 cm³/mol. The Balaban J connectivity index is 2.43. The lowest BCUT2D eigenvalue weighted by atomic mass is 10.1. The summed E-state index contributed by atoms with van der Waals surface area (Å²) in [6.07, 6.45) is 7.18. The Hall–Kier alpha value is -1.44. The summed E-state index contributed by atoms with van der Waals surface area (Å²) in [5.74, 6) is 0. The molecule has 0 unspecified atom stereocenters. The van der Waals surface area contributed by atoms with E-state index >= 15 is 0 Å². The van der Waals surface area contributed by atoms with Crippen LogP contribution in [-0.2, 0) is 12.8 Å². The molecule has 1 aliphatic rings. The first-order valence-corrected chi connectivity index (χ1v) is 4.66. The molecule has 3 rings (SSSR count). The van der Waals surface area contributed by atoms with Gasteiger partial charge in [0, 0.05) is 12.4 Å². The largest absolute Gasteiger partial charge is 0.253 e. The van der Waals surface area contributed by atoms with Gasteiger partial charge in [-0.1, -0.05) is 6.07 Å². The maximum atomic E-state index is 4.39. The highest BCUT2D eigenvalue weighted by molar-refractivity contribution is 5.79. The van der Waals surface area contributed by atoms with Crippen LogP contribution in [0.4, 0.5) is 0 Å². The first kappa shape index (κ1) is 7.01. The van der Waals surface area contributed by atoms with E-state index in [1.165, 1.54) is 30.4 Å². The molecule has 64 valence electrons. The lowest BCUT2D eigenvalue weighted by molar-refractivity contribution is 0.912. The normalized spacial score (nSPS) is 14.8. The summed E-state index contributed by atoms with van der Waals surface area (Å²) in [6.45, 7) is 0. The van der Waals surface area contributed by atoms with E-state index in [0.717, 1.165) is 11.0 Å². The molecule has 0 radical (unpaired) electrons. The Morgan fingerprint density at radius 3 is 2.92 bits per heavy atom. The molecule has 1 aromatic carbocycles. The molecule has 1 aliphatic carbocycles. The molecular formula is C11H10N2. The highest BCUT2D eigenvalue weighted by Gasteiger charge is 2.14. The average molecular weight is 170 g/mol. The van der Waals surface area contributed by atoms with Gasteiger partial charge in [-0.15, -0.1) is 0 Å². The highest BCUT2D eigenvalue weighted by atomic mass is 14.8. The molecule has 0 saturated heterocycles. The van der Waals surface area contributed by atoms with Crippen LogP contribution in [0.5, 0.6) is 0 Å². The fourth-order valence-electron chi connectivity index (χ4n) is 2.10. The number of hydrogen-bond acceptors (Lipinski definition) is 2. The number of aryl methyl sites for hydroxylation is 2. The van der Waals surface area contributed by atoms with E-state index in [-0.39, 0.29) is 0 Å². The Morgan fingerprint density at radius 1 is 1.00 bits per heavy atom. The van der Waals surface area contributed by atoms with Crippen LogP contribution in [0.25, 0.3) is 11.0 Å². The number of rotatable bonds is 0. The van der Waals surface area contributed by atoms with Crippen LogP contribution in [0.15, 0.2) is 24.5 Å². The monoisotopic (exact) mass is 170 g/mol. The lowest BCUT2D eigenvalue weighted by Crippen LogP contribution is -1.89. The van der Waals surface area contributed by atoms with Crippen LogP contribution < -0.4 is 0 Å². The number of fused-ring (bicyclic) bond motifs is 3. The van der Waals surface area contributed by atoms with E-state index in [1.807, 2.05) is 0 Å². The molecule has 1 aromatic heterocycles. The van der Waals surface area contributed by atoms with Crippen LogP contribution in [0.2, 0.25) is 0 Å². The molecule has 0 spiro atoms. The zero-order valence-electron chi connectivity index (χ0n) is 7.33. The first-order valence-electron chi connectivity index (χ1n) is 4.66. The van der Waals surface area contributed by atoms with Crippen LogP contribution >= 0.6 is 0 Å². The second-order valence-corrected chi connectivity index (χ2v) is 3.48. The van der Waals surface area contributed by atoms with Gasteiger partial charge in [-0.2, -0.15) is 0 Å². The Bertz CT molecular complexity index is 463. The molecule has 0 amide bonds. The van der Waals surface area contributed by atoms with Crippen LogP contribution in [0.1, 0.15) is 17.5 Å². The molecule has 2 nitrogen and oxygen atoms in total. The van der Waals surface area contributed by atoms with Crippen LogP contribution in [-0.4, -0.2) is 9.97 Å². The Kier molecular flexibility index (Phi) is 1.36. The average Bonchev–Trinajstić information content (AvgIpc) is 2.65. The first-order chi connectivity index (χ1) is 6.45. The van der Waals surface area contributed by atoms with Gasteiger partial charge in [0.1, 0.15) is 0 Å². The molecule has 2 heteroatoms. The summed E-state index contributed by atoms with van der Waals surface area (Å²) in [6, 6.07) is 4.27. The van der Waals surface area contributed by atoms with Gasteiger partial charge in [0.2, 0.25) is 0 Å². The number of aromatic nitrogens is 2. The molecule has 1 heterocycles. The molecule has 0 fully saturated rings. The molecule has 0 atom stereocenters. The second kappa shape index (κ2) is 2.52. The maximum absolute atomic E-state index is 4.39. The lowest BCUT2D eigenvalue weighted by Gasteiger charge is -2.01. The summed E-state index contributed by atoms with van der Waals surface area (Å²) in [4.78, 5) is 8.69. The fraction of sp³-hybridized carbons (Fsp3) is 0.273. The molecule has 0 aliphatic heterocycles. The van der Waals surface area contributed by atoms with Gasteiger partial charge in [0.05, 0.1) is 11.0 Å². The maximum Gasteiger partial charge on any atom is 0.0921 e. The summed E-state index contributed by atoms with van der Waals surface area (Å²) in [5, 5.41) is 0. The fourth-order valence-corrected chi connectivity index (χ4v) is 2.10. The van der Waals surface area contributed by atoms with Gasteiger partial charge < -0.3 is 0 Å².